The molecule has 5 heteroatoms. The molecule has 0 fully saturated rings. The summed E-state index contributed by atoms with van der Waals surface area (Å²) < 4.78 is 15.2. The van der Waals surface area contributed by atoms with Gasteiger partial charge in [-0.25, -0.2) is 9.38 Å². The minimum absolute atomic E-state index is 0.204. The van der Waals surface area contributed by atoms with Gasteiger partial charge in [-0.05, 0) is 29.5 Å². The molecule has 0 saturated heterocycles. The number of nitrogens with one attached hydrogen (secondary N) is 2. The van der Waals surface area contributed by atoms with E-state index < -0.39 is 0 Å². The summed E-state index contributed by atoms with van der Waals surface area (Å²) in [5.74, 6) is 0.0620. The van der Waals surface area contributed by atoms with Gasteiger partial charge in [0.15, 0.2) is 0 Å². The number of benzene rings is 3. The first-order valence-electron chi connectivity index (χ1n) is 9.66. The van der Waals surface area contributed by atoms with Crippen molar-refractivity contribution < 1.29 is 4.39 Å². The number of fused-ring (bicyclic) bond motifs is 1. The first-order chi connectivity index (χ1) is 14.2. The highest BCUT2D eigenvalue weighted by molar-refractivity contribution is 6.01. The van der Waals surface area contributed by atoms with Crippen molar-refractivity contribution in [3.05, 3.63) is 94.8 Å². The molecule has 0 saturated carbocycles. The van der Waals surface area contributed by atoms with Gasteiger partial charge in [-0.1, -0.05) is 66.7 Å². The van der Waals surface area contributed by atoms with Gasteiger partial charge < -0.3 is 11.1 Å². The molecular formula is C24H23FN4. The molecule has 3 aromatic carbocycles. The highest BCUT2D eigenvalue weighted by Gasteiger charge is 2.21. The number of hydrogen-bond donors (Lipinski definition) is 3. The molecular weight excluding hydrogens is 363 g/mol. The monoisotopic (exact) mass is 386 g/mol. The molecule has 0 bridgehead atoms. The zero-order valence-corrected chi connectivity index (χ0v) is 16.0. The van der Waals surface area contributed by atoms with Gasteiger partial charge in [-0.3, -0.25) is 5.41 Å². The van der Waals surface area contributed by atoms with Gasteiger partial charge in [0.2, 0.25) is 0 Å². The van der Waals surface area contributed by atoms with Crippen LogP contribution < -0.4 is 11.1 Å². The third kappa shape index (κ3) is 4.10. The molecule has 4 N–H and O–H groups in total. The third-order valence-electron chi connectivity index (χ3n) is 5.41. The van der Waals surface area contributed by atoms with Crippen LogP contribution in [-0.4, -0.2) is 18.2 Å². The molecule has 29 heavy (non-hydrogen) atoms. The summed E-state index contributed by atoms with van der Waals surface area (Å²) in [4.78, 5) is 3.76. The van der Waals surface area contributed by atoms with Gasteiger partial charge in [-0.2, -0.15) is 0 Å². The molecule has 0 heterocycles. The highest BCUT2D eigenvalue weighted by Crippen LogP contribution is 2.26. The van der Waals surface area contributed by atoms with E-state index in [4.69, 9.17) is 11.1 Å². The molecule has 0 aromatic heterocycles. The van der Waals surface area contributed by atoms with Crippen LogP contribution in [0, 0.1) is 11.2 Å². The number of amidine groups is 1. The summed E-state index contributed by atoms with van der Waals surface area (Å²) >= 11 is 0. The second kappa shape index (κ2) is 8.37. The van der Waals surface area contributed by atoms with Crippen LogP contribution >= 0.6 is 0 Å². The number of rotatable bonds is 6. The van der Waals surface area contributed by atoms with Crippen LogP contribution in [0.25, 0.3) is 11.1 Å². The Morgan fingerprint density at radius 1 is 1.03 bits per heavy atom. The van der Waals surface area contributed by atoms with Crippen LogP contribution in [0.5, 0.6) is 0 Å². The lowest BCUT2D eigenvalue weighted by atomic mass is 10.0. The Hall–Kier alpha value is -3.31. The molecule has 0 unspecified atom stereocenters. The maximum absolute atomic E-state index is 15.2. The first-order valence-corrected chi connectivity index (χ1v) is 9.66. The summed E-state index contributed by atoms with van der Waals surface area (Å²) in [6, 6.07) is 21.5. The van der Waals surface area contributed by atoms with E-state index in [-0.39, 0.29) is 11.7 Å². The van der Waals surface area contributed by atoms with E-state index in [9.17, 15) is 0 Å². The number of nitrogens with zero attached hydrogens (tertiary/aromatic N) is 1. The summed E-state index contributed by atoms with van der Waals surface area (Å²) in [5.41, 5.74) is 11.3. The summed E-state index contributed by atoms with van der Waals surface area (Å²) in [7, 11) is 0. The van der Waals surface area contributed by atoms with E-state index in [1.807, 2.05) is 24.3 Å². The average molecular weight is 386 g/mol. The minimum Gasteiger partial charge on any atom is -0.383 e. The molecule has 0 aliphatic heterocycles. The van der Waals surface area contributed by atoms with Crippen molar-refractivity contribution in [1.82, 2.24) is 5.32 Å². The van der Waals surface area contributed by atoms with Crippen LogP contribution in [-0.2, 0) is 19.4 Å². The number of hydrogen-bond acceptors (Lipinski definition) is 2. The van der Waals surface area contributed by atoms with Crippen molar-refractivity contribution in [2.45, 2.75) is 25.4 Å². The van der Waals surface area contributed by atoms with E-state index in [1.54, 1.807) is 18.2 Å². The smallest absolute Gasteiger partial charge is 0.135 e. The van der Waals surface area contributed by atoms with Crippen molar-refractivity contribution in [1.29, 1.82) is 5.41 Å². The lowest BCUT2D eigenvalue weighted by Gasteiger charge is -2.14. The molecule has 3 aromatic rings. The zero-order chi connectivity index (χ0) is 20.2. The SMILES string of the molecule is N=CN=C(N)c1ccc(-c2cccc(CNC3Cc4ccccc4C3)c2F)cc1. The van der Waals surface area contributed by atoms with Crippen LogP contribution in [0.3, 0.4) is 0 Å². The molecule has 0 radical (unpaired) electrons. The Kier molecular flexibility index (Phi) is 5.49. The van der Waals surface area contributed by atoms with Crippen molar-refractivity contribution in [2.24, 2.45) is 10.7 Å². The second-order valence-corrected chi connectivity index (χ2v) is 7.25. The number of aliphatic imine (C=N–C) groups is 1. The second-order valence-electron chi connectivity index (χ2n) is 7.25. The molecule has 4 nitrogen and oxygen atoms in total. The Balaban J connectivity index is 1.48. The number of nitrogens with two attached hydrogens (primary N) is 1. The summed E-state index contributed by atoms with van der Waals surface area (Å²) in [6.07, 6.45) is 2.87. The van der Waals surface area contributed by atoms with Gasteiger partial charge in [-0.15, -0.1) is 0 Å². The summed E-state index contributed by atoms with van der Waals surface area (Å²) in [6.45, 7) is 0.495. The first kappa shape index (κ1) is 19.0. The topological polar surface area (TPSA) is 74.3 Å². The maximum Gasteiger partial charge on any atom is 0.135 e. The molecule has 0 spiro atoms. The predicted octanol–water partition coefficient (Wildman–Crippen LogP) is 4.06. The van der Waals surface area contributed by atoms with E-state index >= 15 is 4.39 Å². The highest BCUT2D eigenvalue weighted by atomic mass is 19.1. The van der Waals surface area contributed by atoms with Crippen LogP contribution in [0.2, 0.25) is 0 Å². The molecule has 0 amide bonds. The van der Waals surface area contributed by atoms with E-state index in [0.29, 0.717) is 29.3 Å². The quantitative estimate of drug-likeness (QED) is 0.441. The normalized spacial score (nSPS) is 14.0. The van der Waals surface area contributed by atoms with E-state index in [2.05, 4.69) is 34.6 Å². The van der Waals surface area contributed by atoms with E-state index in [0.717, 1.165) is 24.7 Å². The van der Waals surface area contributed by atoms with Crippen LogP contribution in [0.4, 0.5) is 4.39 Å². The fourth-order valence-electron chi connectivity index (χ4n) is 3.86. The minimum atomic E-state index is -0.204. The van der Waals surface area contributed by atoms with Crippen molar-refractivity contribution in [3.8, 4) is 11.1 Å². The zero-order valence-electron chi connectivity index (χ0n) is 16.0. The van der Waals surface area contributed by atoms with Gasteiger partial charge in [0.1, 0.15) is 18.0 Å². The number of halogens is 1. The fourth-order valence-corrected chi connectivity index (χ4v) is 3.86. The standard InChI is InChI=1S/C24H23FN4/c25-23-20(14-28-21-12-18-4-1-2-5-19(18)13-21)6-3-7-22(23)16-8-10-17(11-9-16)24(27)29-15-26/h1-11,15,21,28H,12-14H2,(H3,26,27,29). The molecule has 0 atom stereocenters. The van der Waals surface area contributed by atoms with Gasteiger partial charge >= 0.3 is 0 Å². The Morgan fingerprint density at radius 2 is 1.72 bits per heavy atom. The summed E-state index contributed by atoms with van der Waals surface area (Å²) in [5, 5.41) is 10.5. The Labute approximate surface area is 169 Å². The van der Waals surface area contributed by atoms with Gasteiger partial charge in [0.25, 0.3) is 0 Å². The van der Waals surface area contributed by atoms with Crippen LogP contribution in [0.1, 0.15) is 22.3 Å². The van der Waals surface area contributed by atoms with Gasteiger partial charge in [0.05, 0.1) is 0 Å². The lowest BCUT2D eigenvalue weighted by molar-refractivity contribution is 0.516. The Bertz CT molecular complexity index is 1030. The molecule has 4 rings (SSSR count). The molecule has 1 aliphatic carbocycles. The average Bonchev–Trinajstić information content (AvgIpc) is 3.16. The fraction of sp³-hybridized carbons (Fsp3) is 0.167. The van der Waals surface area contributed by atoms with E-state index in [1.165, 1.54) is 11.1 Å². The van der Waals surface area contributed by atoms with Crippen molar-refractivity contribution in [2.75, 3.05) is 0 Å². The van der Waals surface area contributed by atoms with Crippen LogP contribution in [0.15, 0.2) is 71.7 Å². The third-order valence-corrected chi connectivity index (χ3v) is 5.41. The molecule has 1 aliphatic rings. The van der Waals surface area contributed by atoms with Crippen molar-refractivity contribution in [3.63, 3.8) is 0 Å². The Morgan fingerprint density at radius 3 is 2.38 bits per heavy atom. The predicted molar refractivity (Wildman–Crippen MR) is 116 cm³/mol. The maximum atomic E-state index is 15.2. The molecule has 146 valence electrons. The lowest BCUT2D eigenvalue weighted by Crippen LogP contribution is -2.29. The van der Waals surface area contributed by atoms with Gasteiger partial charge in [0, 0.05) is 29.3 Å². The van der Waals surface area contributed by atoms with Crippen molar-refractivity contribution >= 4 is 12.2 Å². The largest absolute Gasteiger partial charge is 0.383 e.